The summed E-state index contributed by atoms with van der Waals surface area (Å²) >= 11 is 1.36. The number of hydrogen-bond donors (Lipinski definition) is 0. The van der Waals surface area contributed by atoms with Crippen LogP contribution in [-0.4, -0.2) is 5.78 Å². The zero-order valence-electron chi connectivity index (χ0n) is 8.77. The van der Waals surface area contributed by atoms with Gasteiger partial charge < -0.3 is 4.74 Å². The molecule has 0 unspecified atom stereocenters. The minimum atomic E-state index is -0.484. The second-order valence-electron chi connectivity index (χ2n) is 3.69. The molecule has 1 aliphatic heterocycles. The maximum absolute atomic E-state index is 11.4. The second-order valence-corrected chi connectivity index (χ2v) is 4.74. The van der Waals surface area contributed by atoms with Gasteiger partial charge in [0.25, 0.3) is 5.78 Å². The monoisotopic (exact) mass is 241 g/mol. The number of para-hydroxylation sites is 1. The summed E-state index contributed by atoms with van der Waals surface area (Å²) < 4.78 is 5.59. The van der Waals surface area contributed by atoms with E-state index in [4.69, 9.17) is 10.00 Å². The summed E-state index contributed by atoms with van der Waals surface area (Å²) in [6.45, 7) is 0.460. The summed E-state index contributed by atoms with van der Waals surface area (Å²) in [6, 6.07) is 11.1. The number of ether oxygens (including phenoxy) is 1. The molecule has 1 aliphatic rings. The smallest absolute Gasteiger partial charge is 0.272 e. The number of Topliss-reactive ketones (excluding diaryl/α,β-unsaturated/α-hetero) is 1. The van der Waals surface area contributed by atoms with E-state index >= 15 is 0 Å². The van der Waals surface area contributed by atoms with Crippen molar-refractivity contribution in [2.24, 2.45) is 0 Å². The summed E-state index contributed by atoms with van der Waals surface area (Å²) in [6.07, 6.45) is 0. The van der Waals surface area contributed by atoms with Gasteiger partial charge in [0.2, 0.25) is 0 Å². The van der Waals surface area contributed by atoms with Crippen LogP contribution in [0.25, 0.3) is 10.4 Å². The first-order valence-corrected chi connectivity index (χ1v) is 5.90. The number of nitriles is 1. The van der Waals surface area contributed by atoms with Gasteiger partial charge in [-0.3, -0.25) is 4.79 Å². The Balaban J connectivity index is 2.17. The number of ketones is 1. The van der Waals surface area contributed by atoms with Gasteiger partial charge >= 0.3 is 0 Å². The average molecular weight is 241 g/mol. The molecule has 0 aliphatic carbocycles. The van der Waals surface area contributed by atoms with Gasteiger partial charge in [-0.05, 0) is 18.2 Å². The van der Waals surface area contributed by atoms with Crippen molar-refractivity contribution >= 4 is 17.1 Å². The zero-order chi connectivity index (χ0) is 11.8. The molecule has 0 spiro atoms. The molecule has 3 rings (SSSR count). The first kappa shape index (κ1) is 10.1. The Hall–Kier alpha value is -2.12. The number of benzene rings is 1. The molecule has 0 N–H and O–H groups in total. The third kappa shape index (κ3) is 1.52. The molecule has 0 radical (unpaired) electrons. The number of fused-ring (bicyclic) bond motifs is 3. The highest BCUT2D eigenvalue weighted by Crippen LogP contribution is 2.42. The highest BCUT2D eigenvalue weighted by Gasteiger charge is 2.21. The van der Waals surface area contributed by atoms with Crippen molar-refractivity contribution in [2.75, 3.05) is 0 Å². The quantitative estimate of drug-likeness (QED) is 0.569. The molecule has 4 heteroatoms. The van der Waals surface area contributed by atoms with Crippen LogP contribution in [0.1, 0.15) is 15.2 Å². The highest BCUT2D eigenvalue weighted by atomic mass is 32.1. The number of thiophene rings is 1. The number of rotatable bonds is 1. The largest absolute Gasteiger partial charge is 0.488 e. The standard InChI is InChI=1S/C13H7NO2S/c14-6-10(15)12-5-8-7-16-11-4-2-1-3-9(11)13(8)17-12/h1-5H,7H2. The molecule has 17 heavy (non-hydrogen) atoms. The third-order valence-electron chi connectivity index (χ3n) is 2.65. The fourth-order valence-corrected chi connectivity index (χ4v) is 2.95. The SMILES string of the molecule is N#CC(=O)c1cc2c(s1)-c1ccccc1OC2. The fraction of sp³-hybridized carbons (Fsp3) is 0.0769. The van der Waals surface area contributed by atoms with E-state index in [-0.39, 0.29) is 0 Å². The lowest BCUT2D eigenvalue weighted by atomic mass is 10.1. The van der Waals surface area contributed by atoms with E-state index < -0.39 is 5.78 Å². The molecule has 0 fully saturated rings. The Morgan fingerprint density at radius 3 is 3.06 bits per heavy atom. The van der Waals surface area contributed by atoms with Crippen LogP contribution in [0.4, 0.5) is 0 Å². The molecular weight excluding hydrogens is 234 g/mol. The summed E-state index contributed by atoms with van der Waals surface area (Å²) in [7, 11) is 0. The van der Waals surface area contributed by atoms with Crippen LogP contribution in [0, 0.1) is 11.3 Å². The summed E-state index contributed by atoms with van der Waals surface area (Å²) in [5.74, 6) is 0.347. The maximum Gasteiger partial charge on any atom is 0.272 e. The van der Waals surface area contributed by atoms with E-state index in [1.165, 1.54) is 11.3 Å². The Morgan fingerprint density at radius 1 is 1.41 bits per heavy atom. The van der Waals surface area contributed by atoms with Gasteiger partial charge in [0.1, 0.15) is 18.4 Å². The first-order valence-electron chi connectivity index (χ1n) is 5.09. The minimum Gasteiger partial charge on any atom is -0.488 e. The van der Waals surface area contributed by atoms with Crippen LogP contribution in [0.15, 0.2) is 30.3 Å². The van der Waals surface area contributed by atoms with Crippen molar-refractivity contribution in [3.8, 4) is 22.3 Å². The Bertz CT molecular complexity index is 652. The molecule has 0 atom stereocenters. The van der Waals surface area contributed by atoms with Crippen molar-refractivity contribution in [3.63, 3.8) is 0 Å². The summed E-state index contributed by atoms with van der Waals surface area (Å²) in [5, 5.41) is 8.62. The molecule has 3 nitrogen and oxygen atoms in total. The lowest BCUT2D eigenvalue weighted by Crippen LogP contribution is -2.02. The van der Waals surface area contributed by atoms with Crippen LogP contribution >= 0.6 is 11.3 Å². The van der Waals surface area contributed by atoms with E-state index in [1.54, 1.807) is 12.1 Å². The Morgan fingerprint density at radius 2 is 2.24 bits per heavy atom. The first-order chi connectivity index (χ1) is 8.29. The minimum absolute atomic E-state index is 0.460. The van der Waals surface area contributed by atoms with Crippen molar-refractivity contribution in [1.29, 1.82) is 5.26 Å². The molecular formula is C13H7NO2S. The van der Waals surface area contributed by atoms with Crippen LogP contribution in [0.2, 0.25) is 0 Å². The Labute approximate surface area is 102 Å². The average Bonchev–Trinajstić information content (AvgIpc) is 2.82. The van der Waals surface area contributed by atoms with E-state index in [0.717, 1.165) is 21.8 Å². The number of hydrogen-bond acceptors (Lipinski definition) is 4. The summed E-state index contributed by atoms with van der Waals surface area (Å²) in [4.78, 5) is 12.9. The molecule has 2 heterocycles. The maximum atomic E-state index is 11.4. The number of nitrogens with zero attached hydrogens (tertiary/aromatic N) is 1. The predicted molar refractivity (Wildman–Crippen MR) is 64.0 cm³/mol. The van der Waals surface area contributed by atoms with E-state index in [2.05, 4.69) is 0 Å². The third-order valence-corrected chi connectivity index (χ3v) is 3.86. The van der Waals surface area contributed by atoms with Gasteiger partial charge in [-0.2, -0.15) is 5.26 Å². The van der Waals surface area contributed by atoms with Crippen molar-refractivity contribution in [1.82, 2.24) is 0 Å². The van der Waals surface area contributed by atoms with Crippen molar-refractivity contribution in [2.45, 2.75) is 6.61 Å². The lowest BCUT2D eigenvalue weighted by molar-refractivity contribution is 0.105. The molecule has 2 aromatic rings. The van der Waals surface area contributed by atoms with Crippen molar-refractivity contribution < 1.29 is 9.53 Å². The van der Waals surface area contributed by atoms with E-state index in [9.17, 15) is 4.79 Å². The zero-order valence-corrected chi connectivity index (χ0v) is 9.58. The van der Waals surface area contributed by atoms with Gasteiger partial charge in [-0.25, -0.2) is 0 Å². The van der Waals surface area contributed by atoms with Gasteiger partial charge in [-0.15, -0.1) is 11.3 Å². The molecule has 1 aromatic heterocycles. The Kier molecular flexibility index (Phi) is 2.20. The molecule has 0 saturated heterocycles. The van der Waals surface area contributed by atoms with Crippen LogP contribution in [0.3, 0.4) is 0 Å². The van der Waals surface area contributed by atoms with E-state index in [1.807, 2.05) is 24.3 Å². The van der Waals surface area contributed by atoms with Gasteiger partial charge in [0, 0.05) is 16.0 Å². The van der Waals surface area contributed by atoms with Crippen LogP contribution in [-0.2, 0) is 6.61 Å². The molecule has 0 bridgehead atoms. The molecule has 82 valence electrons. The fourth-order valence-electron chi connectivity index (χ4n) is 1.87. The van der Waals surface area contributed by atoms with Crippen LogP contribution in [0.5, 0.6) is 5.75 Å². The number of carbonyl (C=O) groups is 1. The normalized spacial score (nSPS) is 11.9. The molecule has 1 aromatic carbocycles. The summed E-state index contributed by atoms with van der Waals surface area (Å²) in [5.41, 5.74) is 1.98. The molecule has 0 saturated carbocycles. The highest BCUT2D eigenvalue weighted by molar-refractivity contribution is 7.17. The van der Waals surface area contributed by atoms with Gasteiger partial charge in [0.15, 0.2) is 0 Å². The van der Waals surface area contributed by atoms with E-state index in [0.29, 0.717) is 11.5 Å². The number of carbonyl (C=O) groups excluding carboxylic acids is 1. The topological polar surface area (TPSA) is 50.1 Å². The predicted octanol–water partition coefficient (Wildman–Crippen LogP) is 3.01. The lowest BCUT2D eigenvalue weighted by Gasteiger charge is -2.16. The van der Waals surface area contributed by atoms with Gasteiger partial charge in [0.05, 0.1) is 4.88 Å². The molecule has 0 amide bonds. The second kappa shape index (κ2) is 3.72. The van der Waals surface area contributed by atoms with Crippen LogP contribution < -0.4 is 4.74 Å². The van der Waals surface area contributed by atoms with Crippen molar-refractivity contribution in [3.05, 3.63) is 40.8 Å². The van der Waals surface area contributed by atoms with Gasteiger partial charge in [-0.1, -0.05) is 12.1 Å².